The predicted octanol–water partition coefficient (Wildman–Crippen LogP) is 8.82. The van der Waals surface area contributed by atoms with Gasteiger partial charge in [0.05, 0.1) is 11.8 Å². The Hall–Kier alpha value is -3.29. The van der Waals surface area contributed by atoms with Crippen LogP contribution in [-0.2, 0) is 12.6 Å². The highest BCUT2D eigenvalue weighted by atomic mass is 19.4. The number of benzene rings is 2. The minimum Gasteiger partial charge on any atom is -0.488 e. The van der Waals surface area contributed by atoms with Crippen molar-refractivity contribution in [2.24, 2.45) is 0 Å². The summed E-state index contributed by atoms with van der Waals surface area (Å²) in [5, 5.41) is 5.90. The van der Waals surface area contributed by atoms with Gasteiger partial charge in [-0.05, 0) is 68.4 Å². The molecule has 5 nitrogen and oxygen atoms in total. The molecule has 1 fully saturated rings. The number of hydrogen-bond acceptors (Lipinski definition) is 5. The number of aryl methyl sites for hydroxylation is 1. The maximum atomic E-state index is 13.8. The normalized spacial score (nSPS) is 14.4. The van der Waals surface area contributed by atoms with Gasteiger partial charge in [0, 0.05) is 11.9 Å². The number of anilines is 4. The molecular weight excluding hydrogens is 477 g/mol. The number of nitrogens with one attached hydrogen (secondary N) is 2. The molecule has 0 unspecified atom stereocenters. The van der Waals surface area contributed by atoms with Crippen LogP contribution in [0.15, 0.2) is 54.7 Å². The number of hydrogen-bond donors (Lipinski definition) is 2. The highest BCUT2D eigenvalue weighted by Crippen LogP contribution is 2.37. The number of aromatic nitrogens is 2. The van der Waals surface area contributed by atoms with E-state index in [9.17, 15) is 13.2 Å². The lowest BCUT2D eigenvalue weighted by Gasteiger charge is -2.24. The Labute approximate surface area is 216 Å². The van der Waals surface area contributed by atoms with Crippen LogP contribution in [0.4, 0.5) is 36.3 Å². The van der Waals surface area contributed by atoms with Gasteiger partial charge in [0.25, 0.3) is 0 Å². The lowest BCUT2D eigenvalue weighted by atomic mass is 9.98. The van der Waals surface area contributed by atoms with E-state index in [0.29, 0.717) is 17.1 Å². The van der Waals surface area contributed by atoms with E-state index in [1.165, 1.54) is 31.2 Å². The van der Waals surface area contributed by atoms with E-state index in [1.807, 2.05) is 30.3 Å². The molecule has 0 amide bonds. The number of nitrogens with zero attached hydrogens (tertiary/aromatic N) is 2. The predicted molar refractivity (Wildman–Crippen MR) is 142 cm³/mol. The van der Waals surface area contributed by atoms with E-state index in [4.69, 9.17) is 4.74 Å². The summed E-state index contributed by atoms with van der Waals surface area (Å²) in [6.45, 7) is 2.19. The van der Waals surface area contributed by atoms with E-state index < -0.39 is 11.7 Å². The van der Waals surface area contributed by atoms with Gasteiger partial charge in [-0.3, -0.25) is 0 Å². The number of alkyl halides is 3. The molecule has 4 rings (SSSR count). The summed E-state index contributed by atoms with van der Waals surface area (Å²) in [5.74, 6) is 0.277. The molecule has 1 saturated carbocycles. The minimum absolute atomic E-state index is 0.0658. The second-order valence-electron chi connectivity index (χ2n) is 9.59. The molecule has 1 aromatic heterocycles. The first-order valence-electron chi connectivity index (χ1n) is 13.3. The van der Waals surface area contributed by atoms with Gasteiger partial charge in [0.1, 0.15) is 17.1 Å². The second-order valence-corrected chi connectivity index (χ2v) is 9.59. The van der Waals surface area contributed by atoms with Crippen molar-refractivity contribution in [1.29, 1.82) is 0 Å². The number of ether oxygens (including phenoxy) is 1. The molecule has 0 spiro atoms. The zero-order chi connectivity index (χ0) is 26.1. The fourth-order valence-corrected chi connectivity index (χ4v) is 4.55. The molecule has 0 bridgehead atoms. The van der Waals surface area contributed by atoms with Gasteiger partial charge in [0.15, 0.2) is 0 Å². The molecule has 1 heterocycles. The average Bonchev–Trinajstić information content (AvgIpc) is 2.89. The molecule has 198 valence electrons. The molecule has 0 atom stereocenters. The summed E-state index contributed by atoms with van der Waals surface area (Å²) in [5.41, 5.74) is 1.44. The van der Waals surface area contributed by atoms with Crippen LogP contribution >= 0.6 is 0 Å². The molecule has 0 aliphatic heterocycles. The number of para-hydroxylation sites is 2. The van der Waals surface area contributed by atoms with Gasteiger partial charge in [-0.2, -0.15) is 18.2 Å². The number of halogens is 3. The Morgan fingerprint density at radius 2 is 1.68 bits per heavy atom. The van der Waals surface area contributed by atoms with Crippen molar-refractivity contribution in [2.75, 3.05) is 10.6 Å². The van der Waals surface area contributed by atoms with E-state index in [0.717, 1.165) is 44.7 Å². The first-order valence-corrected chi connectivity index (χ1v) is 13.3. The summed E-state index contributed by atoms with van der Waals surface area (Å²) in [7, 11) is 0. The second kappa shape index (κ2) is 12.8. The third kappa shape index (κ3) is 7.84. The van der Waals surface area contributed by atoms with Gasteiger partial charge in [-0.1, -0.05) is 56.9 Å². The van der Waals surface area contributed by atoms with E-state index >= 15 is 0 Å². The van der Waals surface area contributed by atoms with Gasteiger partial charge >= 0.3 is 6.18 Å². The highest BCUT2D eigenvalue weighted by molar-refractivity contribution is 5.67. The van der Waals surface area contributed by atoms with Gasteiger partial charge in [-0.15, -0.1) is 0 Å². The van der Waals surface area contributed by atoms with Crippen LogP contribution in [-0.4, -0.2) is 16.1 Å². The standard InChI is InChI=1S/C29H35F3N4O/c1-2-3-4-6-11-21-16-18-22(19-17-21)34-28-33-20-24(29(30,31)32)27(36-28)35-25-14-9-10-15-26(25)37-23-12-7-5-8-13-23/h9-10,14-20,23H,2-8,11-13H2,1H3,(H2,33,34,35,36). The molecule has 37 heavy (non-hydrogen) atoms. The molecular formula is C29H35F3N4O. The van der Waals surface area contributed by atoms with E-state index in [-0.39, 0.29) is 17.9 Å². The zero-order valence-corrected chi connectivity index (χ0v) is 21.3. The summed E-state index contributed by atoms with van der Waals surface area (Å²) in [6, 6.07) is 14.9. The summed E-state index contributed by atoms with van der Waals surface area (Å²) in [4.78, 5) is 8.14. The van der Waals surface area contributed by atoms with Crippen molar-refractivity contribution in [3.05, 3.63) is 65.9 Å². The largest absolute Gasteiger partial charge is 0.488 e. The topological polar surface area (TPSA) is 59.1 Å². The van der Waals surface area contributed by atoms with Gasteiger partial charge < -0.3 is 15.4 Å². The number of rotatable bonds is 11. The molecule has 2 N–H and O–H groups in total. The van der Waals surface area contributed by atoms with Crippen LogP contribution in [0.25, 0.3) is 0 Å². The van der Waals surface area contributed by atoms with Crippen LogP contribution in [0.2, 0.25) is 0 Å². The Morgan fingerprint density at radius 1 is 0.919 bits per heavy atom. The third-order valence-electron chi connectivity index (χ3n) is 6.61. The van der Waals surface area contributed by atoms with E-state index in [1.54, 1.807) is 18.2 Å². The summed E-state index contributed by atoms with van der Waals surface area (Å²) >= 11 is 0. The Morgan fingerprint density at radius 3 is 2.41 bits per heavy atom. The van der Waals surface area contributed by atoms with Crippen LogP contribution < -0.4 is 15.4 Å². The average molecular weight is 513 g/mol. The maximum Gasteiger partial charge on any atom is 0.421 e. The maximum absolute atomic E-state index is 13.8. The molecule has 0 radical (unpaired) electrons. The van der Waals surface area contributed by atoms with E-state index in [2.05, 4.69) is 27.5 Å². The zero-order valence-electron chi connectivity index (χ0n) is 21.3. The fraction of sp³-hybridized carbons (Fsp3) is 0.448. The molecule has 3 aromatic rings. The highest BCUT2D eigenvalue weighted by Gasteiger charge is 2.35. The number of unbranched alkanes of at least 4 members (excludes halogenated alkanes) is 3. The van der Waals surface area contributed by atoms with Crippen molar-refractivity contribution in [1.82, 2.24) is 9.97 Å². The Kier molecular flexibility index (Phi) is 9.25. The molecule has 8 heteroatoms. The minimum atomic E-state index is -4.61. The van der Waals surface area contributed by atoms with Crippen molar-refractivity contribution < 1.29 is 17.9 Å². The fourth-order valence-electron chi connectivity index (χ4n) is 4.55. The van der Waals surface area contributed by atoms with Crippen molar-refractivity contribution >= 4 is 23.1 Å². The van der Waals surface area contributed by atoms with Crippen LogP contribution in [0.1, 0.15) is 75.8 Å². The molecule has 1 aliphatic rings. The molecule has 0 saturated heterocycles. The van der Waals surface area contributed by atoms with Crippen molar-refractivity contribution in [2.45, 2.75) is 83.4 Å². The Bertz CT molecular complexity index is 1130. The quantitative estimate of drug-likeness (QED) is 0.251. The lowest BCUT2D eigenvalue weighted by Crippen LogP contribution is -2.20. The Balaban J connectivity index is 1.51. The first kappa shape index (κ1) is 26.8. The lowest BCUT2D eigenvalue weighted by molar-refractivity contribution is -0.137. The van der Waals surface area contributed by atoms with Crippen LogP contribution in [0.3, 0.4) is 0 Å². The van der Waals surface area contributed by atoms with Crippen LogP contribution in [0.5, 0.6) is 5.75 Å². The SMILES string of the molecule is CCCCCCc1ccc(Nc2ncc(C(F)(F)F)c(Nc3ccccc3OC3CCCCC3)n2)cc1. The monoisotopic (exact) mass is 512 g/mol. The smallest absolute Gasteiger partial charge is 0.421 e. The summed E-state index contributed by atoms with van der Waals surface area (Å²) < 4.78 is 47.6. The van der Waals surface area contributed by atoms with Crippen molar-refractivity contribution in [3.63, 3.8) is 0 Å². The summed E-state index contributed by atoms with van der Waals surface area (Å²) in [6.07, 6.45) is 7.33. The van der Waals surface area contributed by atoms with Gasteiger partial charge in [0.2, 0.25) is 5.95 Å². The van der Waals surface area contributed by atoms with Gasteiger partial charge in [-0.25, -0.2) is 4.98 Å². The van der Waals surface area contributed by atoms with Crippen LogP contribution in [0, 0.1) is 0 Å². The van der Waals surface area contributed by atoms with Crippen molar-refractivity contribution in [3.8, 4) is 5.75 Å². The first-order chi connectivity index (χ1) is 17.9. The molecule has 2 aromatic carbocycles. The molecule has 1 aliphatic carbocycles. The third-order valence-corrected chi connectivity index (χ3v) is 6.61.